The van der Waals surface area contributed by atoms with E-state index in [4.69, 9.17) is 15.2 Å². The Hall–Kier alpha value is -5.01. The molecule has 2 heterocycles. The van der Waals surface area contributed by atoms with Crippen LogP contribution in [0, 0.1) is 23.3 Å². The van der Waals surface area contributed by atoms with Crippen LogP contribution in [-0.4, -0.2) is 54.9 Å². The molecule has 13 heteroatoms. The number of nitrogens with two attached hydrogens (primary N) is 1. The fraction of sp³-hybridized carbons (Fsp3) is 0.286. The summed E-state index contributed by atoms with van der Waals surface area (Å²) in [5, 5.41) is 8.91. The van der Waals surface area contributed by atoms with E-state index in [0.717, 1.165) is 6.20 Å². The van der Waals surface area contributed by atoms with Crippen LogP contribution in [0.1, 0.15) is 34.6 Å². The maximum Gasteiger partial charge on any atom is 0.407 e. The number of carbonyl (C=O) groups excluding carboxylic acids is 2. The molecule has 5 rings (SSSR count). The van der Waals surface area contributed by atoms with E-state index in [9.17, 15) is 22.8 Å². The van der Waals surface area contributed by atoms with Crippen molar-refractivity contribution in [3.05, 3.63) is 131 Å². The van der Waals surface area contributed by atoms with Crippen LogP contribution < -0.4 is 21.7 Å². The minimum absolute atomic E-state index is 0.0242. The summed E-state index contributed by atoms with van der Waals surface area (Å²) >= 11 is 0. The predicted octanol–water partition coefficient (Wildman–Crippen LogP) is 4.95. The molecule has 0 unspecified atom stereocenters. The van der Waals surface area contributed by atoms with Crippen LogP contribution in [0.4, 0.5) is 28.0 Å². The number of benzene rings is 3. The Balaban J connectivity index is 1.23. The summed E-state index contributed by atoms with van der Waals surface area (Å²) in [5.74, 6) is -3.48. The Labute approximate surface area is 274 Å². The van der Waals surface area contributed by atoms with Gasteiger partial charge >= 0.3 is 6.09 Å². The number of ether oxygens (including phenoxy) is 2. The highest BCUT2D eigenvalue weighted by molar-refractivity contribution is 5.85. The monoisotopic (exact) mass is 665 g/mol. The van der Waals surface area contributed by atoms with Crippen LogP contribution in [-0.2, 0) is 27.2 Å². The third-order valence-corrected chi connectivity index (χ3v) is 8.01. The highest BCUT2D eigenvalue weighted by atomic mass is 19.1. The Morgan fingerprint density at radius 1 is 0.875 bits per heavy atom. The summed E-state index contributed by atoms with van der Waals surface area (Å²) in [6, 6.07) is 15.6. The highest BCUT2D eigenvalue weighted by Crippen LogP contribution is 2.32. The summed E-state index contributed by atoms with van der Waals surface area (Å²) in [7, 11) is 0. The molecule has 0 saturated carbocycles. The van der Waals surface area contributed by atoms with E-state index in [1.165, 1.54) is 66.9 Å². The number of anilines is 1. The number of alkyl carbamates (subject to hydrolysis) is 1. The average molecular weight is 666 g/mol. The summed E-state index contributed by atoms with van der Waals surface area (Å²) in [4.78, 5) is 29.1. The lowest BCUT2D eigenvalue weighted by Gasteiger charge is -2.31. The van der Waals surface area contributed by atoms with E-state index in [-0.39, 0.29) is 42.7 Å². The number of pyridine rings is 1. The Bertz CT molecular complexity index is 1630. The molecule has 0 spiro atoms. The molecule has 2 amide bonds. The number of primary amides is 1. The fourth-order valence-electron chi connectivity index (χ4n) is 5.59. The molecule has 1 aromatic heterocycles. The molecule has 3 aromatic carbocycles. The first kappa shape index (κ1) is 34.3. The van der Waals surface area contributed by atoms with Gasteiger partial charge in [-0.25, -0.2) is 22.4 Å². The molecule has 1 saturated heterocycles. The summed E-state index contributed by atoms with van der Waals surface area (Å²) in [5.41, 5.74) is 8.12. The smallest absolute Gasteiger partial charge is 0.407 e. The van der Waals surface area contributed by atoms with Crippen molar-refractivity contribution >= 4 is 17.7 Å². The largest absolute Gasteiger partial charge is 0.447 e. The SMILES string of the molecule is NC(=O)[C@@H](Nc1cncc(F)c1CC[C@@H]1CNC[C@@H](COC(=O)NCc2ccc(F)cc2)O1)C(c1ccc(F)cc1)c1ccc(F)cc1. The van der Waals surface area contributed by atoms with Crippen LogP contribution in [0.3, 0.4) is 0 Å². The number of aromatic nitrogens is 1. The van der Waals surface area contributed by atoms with E-state index < -0.39 is 47.5 Å². The molecule has 3 atom stereocenters. The van der Waals surface area contributed by atoms with Gasteiger partial charge in [-0.15, -0.1) is 0 Å². The molecule has 0 bridgehead atoms. The second-order valence-corrected chi connectivity index (χ2v) is 11.4. The lowest BCUT2D eigenvalue weighted by atomic mass is 9.84. The predicted molar refractivity (Wildman–Crippen MR) is 170 cm³/mol. The molecule has 48 heavy (non-hydrogen) atoms. The minimum Gasteiger partial charge on any atom is -0.447 e. The van der Waals surface area contributed by atoms with Crippen molar-refractivity contribution < 1.29 is 36.6 Å². The van der Waals surface area contributed by atoms with Crippen molar-refractivity contribution in [1.82, 2.24) is 15.6 Å². The molecule has 1 fully saturated rings. The van der Waals surface area contributed by atoms with E-state index >= 15 is 4.39 Å². The number of rotatable bonds is 13. The Morgan fingerprint density at radius 2 is 1.46 bits per heavy atom. The van der Waals surface area contributed by atoms with Gasteiger partial charge in [-0.05, 0) is 65.9 Å². The van der Waals surface area contributed by atoms with Gasteiger partial charge in [0.25, 0.3) is 0 Å². The fourth-order valence-corrected chi connectivity index (χ4v) is 5.59. The van der Waals surface area contributed by atoms with Gasteiger partial charge in [-0.2, -0.15) is 0 Å². The molecular formula is C35H35F4N5O4. The molecule has 0 radical (unpaired) electrons. The van der Waals surface area contributed by atoms with Crippen LogP contribution in [0.15, 0.2) is 85.2 Å². The first-order chi connectivity index (χ1) is 23.2. The average Bonchev–Trinajstić information content (AvgIpc) is 3.08. The molecule has 4 aromatic rings. The normalized spacial score (nSPS) is 16.7. The van der Waals surface area contributed by atoms with Crippen LogP contribution >= 0.6 is 0 Å². The second kappa shape index (κ2) is 16.2. The number of morpholine rings is 1. The quantitative estimate of drug-likeness (QED) is 0.149. The zero-order valence-corrected chi connectivity index (χ0v) is 25.8. The standard InChI is InChI=1S/C35H35F4N5O4/c36-24-7-1-21(2-8-24)15-43-35(46)47-20-28-17-41-16-27(48-28)13-14-29-30(39)18-42-19-31(29)44-33(34(40)45)32(22-3-9-25(37)10-4-22)23-5-11-26(38)12-6-23/h1-12,18-19,27-28,32-33,41,44H,13-17,20H2,(H2,40,45)(H,43,46)/t27-,28+,33+/m1/s1. The lowest BCUT2D eigenvalue weighted by Crippen LogP contribution is -2.47. The lowest BCUT2D eigenvalue weighted by molar-refractivity contribution is -0.119. The van der Waals surface area contributed by atoms with Crippen molar-refractivity contribution in [3.63, 3.8) is 0 Å². The minimum atomic E-state index is -1.15. The molecular weight excluding hydrogens is 630 g/mol. The van der Waals surface area contributed by atoms with Gasteiger partial charge in [0.05, 0.1) is 24.2 Å². The molecule has 1 aliphatic rings. The maximum atomic E-state index is 15.3. The number of amides is 2. The Kier molecular flexibility index (Phi) is 11.6. The summed E-state index contributed by atoms with van der Waals surface area (Å²) in [6.45, 7) is 1.06. The third-order valence-electron chi connectivity index (χ3n) is 8.01. The second-order valence-electron chi connectivity index (χ2n) is 11.4. The van der Waals surface area contributed by atoms with Gasteiger partial charge in [-0.1, -0.05) is 36.4 Å². The van der Waals surface area contributed by atoms with Crippen molar-refractivity contribution in [2.24, 2.45) is 5.73 Å². The number of hydrogen-bond acceptors (Lipinski definition) is 7. The van der Waals surface area contributed by atoms with Crippen LogP contribution in [0.5, 0.6) is 0 Å². The third kappa shape index (κ3) is 9.29. The highest BCUT2D eigenvalue weighted by Gasteiger charge is 2.31. The van der Waals surface area contributed by atoms with Crippen molar-refractivity contribution in [2.75, 3.05) is 25.0 Å². The zero-order valence-electron chi connectivity index (χ0n) is 25.8. The number of carbonyl (C=O) groups is 2. The van der Waals surface area contributed by atoms with E-state index in [0.29, 0.717) is 36.2 Å². The van der Waals surface area contributed by atoms with Gasteiger partial charge < -0.3 is 31.2 Å². The van der Waals surface area contributed by atoms with Crippen LogP contribution in [0.25, 0.3) is 0 Å². The molecule has 0 aliphatic carbocycles. The number of hydrogen-bond donors (Lipinski definition) is 4. The maximum absolute atomic E-state index is 15.3. The topological polar surface area (TPSA) is 128 Å². The van der Waals surface area contributed by atoms with Crippen molar-refractivity contribution in [3.8, 4) is 0 Å². The van der Waals surface area contributed by atoms with E-state index in [1.807, 2.05) is 0 Å². The molecule has 9 nitrogen and oxygen atoms in total. The molecule has 252 valence electrons. The first-order valence-electron chi connectivity index (χ1n) is 15.4. The Morgan fingerprint density at radius 3 is 2.06 bits per heavy atom. The van der Waals surface area contributed by atoms with Crippen molar-refractivity contribution in [1.29, 1.82) is 0 Å². The zero-order chi connectivity index (χ0) is 34.0. The van der Waals surface area contributed by atoms with Crippen molar-refractivity contribution in [2.45, 2.75) is 43.6 Å². The van der Waals surface area contributed by atoms with Gasteiger partial charge in [0.15, 0.2) is 0 Å². The van der Waals surface area contributed by atoms with Gasteiger partial charge in [0.2, 0.25) is 5.91 Å². The number of nitrogens with one attached hydrogen (secondary N) is 3. The summed E-state index contributed by atoms with van der Waals surface area (Å²) in [6.07, 6.45) is 1.57. The first-order valence-corrected chi connectivity index (χ1v) is 15.4. The molecule has 1 aliphatic heterocycles. The van der Waals surface area contributed by atoms with Gasteiger partial charge in [0, 0.05) is 31.1 Å². The summed E-state index contributed by atoms with van der Waals surface area (Å²) < 4.78 is 67.3. The van der Waals surface area contributed by atoms with Gasteiger partial charge in [-0.3, -0.25) is 9.78 Å². The number of nitrogens with zero attached hydrogens (tertiary/aromatic N) is 1. The van der Waals surface area contributed by atoms with E-state index in [2.05, 4.69) is 20.9 Å². The number of halogens is 4. The van der Waals surface area contributed by atoms with E-state index in [1.54, 1.807) is 12.1 Å². The molecule has 5 N–H and O–H groups in total. The van der Waals surface area contributed by atoms with Gasteiger partial charge in [0.1, 0.15) is 42.0 Å². The van der Waals surface area contributed by atoms with Crippen LogP contribution in [0.2, 0.25) is 0 Å².